The maximum absolute atomic E-state index is 11.5. The Labute approximate surface area is 102 Å². The van der Waals surface area contributed by atoms with Gasteiger partial charge in [-0.25, -0.2) is 0 Å². The summed E-state index contributed by atoms with van der Waals surface area (Å²) in [6, 6.07) is 7.45. The molecule has 1 aromatic rings. The fraction of sp³-hybridized carbons (Fsp3) is 0.462. The van der Waals surface area contributed by atoms with Gasteiger partial charge in [0.2, 0.25) is 5.91 Å². The molecular formula is C13H19NO3. The quantitative estimate of drug-likeness (QED) is 0.699. The van der Waals surface area contributed by atoms with E-state index in [1.807, 2.05) is 24.3 Å². The van der Waals surface area contributed by atoms with E-state index in [4.69, 9.17) is 9.84 Å². The summed E-state index contributed by atoms with van der Waals surface area (Å²) in [6.45, 7) is 0.796. The third-order valence-corrected chi connectivity index (χ3v) is 2.43. The first-order valence-corrected chi connectivity index (χ1v) is 5.76. The Balaban J connectivity index is 2.29. The monoisotopic (exact) mass is 237 g/mol. The Hall–Kier alpha value is -1.55. The van der Waals surface area contributed by atoms with Gasteiger partial charge in [-0.05, 0) is 30.5 Å². The van der Waals surface area contributed by atoms with Gasteiger partial charge in [-0.15, -0.1) is 0 Å². The first-order valence-electron chi connectivity index (χ1n) is 5.76. The van der Waals surface area contributed by atoms with Crippen molar-refractivity contribution in [3.8, 4) is 5.75 Å². The normalized spacial score (nSPS) is 10.0. The second-order valence-corrected chi connectivity index (χ2v) is 3.81. The van der Waals surface area contributed by atoms with Crippen molar-refractivity contribution < 1.29 is 14.6 Å². The fourth-order valence-corrected chi connectivity index (χ4v) is 1.46. The van der Waals surface area contributed by atoms with Crippen LogP contribution < -0.4 is 10.1 Å². The van der Waals surface area contributed by atoms with Crippen LogP contribution in [0.5, 0.6) is 5.75 Å². The zero-order chi connectivity index (χ0) is 12.5. The van der Waals surface area contributed by atoms with E-state index in [0.717, 1.165) is 24.2 Å². The van der Waals surface area contributed by atoms with Gasteiger partial charge < -0.3 is 15.2 Å². The zero-order valence-corrected chi connectivity index (χ0v) is 10.1. The Morgan fingerprint density at radius 1 is 1.29 bits per heavy atom. The number of hydrogen-bond donors (Lipinski definition) is 2. The van der Waals surface area contributed by atoms with E-state index in [0.29, 0.717) is 13.0 Å². The lowest BCUT2D eigenvalue weighted by Gasteiger charge is -2.05. The van der Waals surface area contributed by atoms with Crippen LogP contribution in [-0.2, 0) is 11.2 Å². The number of ether oxygens (including phenoxy) is 1. The van der Waals surface area contributed by atoms with E-state index in [-0.39, 0.29) is 12.5 Å². The van der Waals surface area contributed by atoms with Crippen molar-refractivity contribution in [2.75, 3.05) is 20.3 Å². The minimum absolute atomic E-state index is 0.00751. The maximum atomic E-state index is 11.5. The summed E-state index contributed by atoms with van der Waals surface area (Å²) in [5.41, 5.74) is 0.963. The highest BCUT2D eigenvalue weighted by atomic mass is 16.5. The van der Waals surface area contributed by atoms with E-state index in [1.54, 1.807) is 7.11 Å². The van der Waals surface area contributed by atoms with Crippen molar-refractivity contribution in [2.24, 2.45) is 0 Å². The molecule has 1 aromatic carbocycles. The molecule has 2 N–H and O–H groups in total. The molecule has 0 aromatic heterocycles. The standard InChI is InChI=1S/C13H19NO3/c1-17-12-6-4-11(5-7-12)10-13(16)14-8-2-3-9-15/h4-7,15H,2-3,8-10H2,1H3,(H,14,16). The Morgan fingerprint density at radius 2 is 2.00 bits per heavy atom. The van der Waals surface area contributed by atoms with Gasteiger partial charge in [0.05, 0.1) is 13.5 Å². The van der Waals surface area contributed by atoms with Gasteiger partial charge in [0.15, 0.2) is 0 Å². The summed E-state index contributed by atoms with van der Waals surface area (Å²) in [6.07, 6.45) is 1.91. The van der Waals surface area contributed by atoms with Crippen LogP contribution in [0.1, 0.15) is 18.4 Å². The molecule has 0 unspecified atom stereocenters. The molecular weight excluding hydrogens is 218 g/mol. The molecule has 0 saturated heterocycles. The van der Waals surface area contributed by atoms with Crippen LogP contribution in [0.4, 0.5) is 0 Å². The molecule has 4 nitrogen and oxygen atoms in total. The number of aliphatic hydroxyl groups excluding tert-OH is 1. The summed E-state index contributed by atoms with van der Waals surface area (Å²) in [5.74, 6) is 0.796. The number of amides is 1. The number of benzene rings is 1. The van der Waals surface area contributed by atoms with E-state index in [1.165, 1.54) is 0 Å². The molecule has 17 heavy (non-hydrogen) atoms. The second-order valence-electron chi connectivity index (χ2n) is 3.81. The van der Waals surface area contributed by atoms with Gasteiger partial charge in [0.25, 0.3) is 0 Å². The smallest absolute Gasteiger partial charge is 0.224 e. The number of aliphatic hydroxyl groups is 1. The summed E-state index contributed by atoms with van der Waals surface area (Å²) in [5, 5.41) is 11.4. The van der Waals surface area contributed by atoms with E-state index in [2.05, 4.69) is 5.32 Å². The third kappa shape index (κ3) is 5.36. The van der Waals surface area contributed by atoms with Crippen molar-refractivity contribution in [3.05, 3.63) is 29.8 Å². The first kappa shape index (κ1) is 13.5. The van der Waals surface area contributed by atoms with Crippen LogP contribution in [0.25, 0.3) is 0 Å². The molecule has 0 aliphatic carbocycles. The average Bonchev–Trinajstić information content (AvgIpc) is 2.36. The SMILES string of the molecule is COc1ccc(CC(=O)NCCCCO)cc1. The Morgan fingerprint density at radius 3 is 2.59 bits per heavy atom. The van der Waals surface area contributed by atoms with Crippen LogP contribution >= 0.6 is 0 Å². The van der Waals surface area contributed by atoms with Gasteiger partial charge >= 0.3 is 0 Å². The number of nitrogens with one attached hydrogen (secondary N) is 1. The molecule has 0 bridgehead atoms. The van der Waals surface area contributed by atoms with Gasteiger partial charge in [0.1, 0.15) is 5.75 Å². The number of unbranched alkanes of at least 4 members (excludes halogenated alkanes) is 1. The number of hydrogen-bond acceptors (Lipinski definition) is 3. The fourth-order valence-electron chi connectivity index (χ4n) is 1.46. The van der Waals surface area contributed by atoms with Gasteiger partial charge in [-0.1, -0.05) is 12.1 Å². The molecule has 4 heteroatoms. The van der Waals surface area contributed by atoms with E-state index >= 15 is 0 Å². The highest BCUT2D eigenvalue weighted by molar-refractivity contribution is 5.78. The lowest BCUT2D eigenvalue weighted by atomic mass is 10.1. The largest absolute Gasteiger partial charge is 0.497 e. The van der Waals surface area contributed by atoms with Gasteiger partial charge in [-0.3, -0.25) is 4.79 Å². The van der Waals surface area contributed by atoms with Gasteiger partial charge in [0, 0.05) is 13.2 Å². The molecule has 0 spiro atoms. The third-order valence-electron chi connectivity index (χ3n) is 2.43. The number of carbonyl (C=O) groups is 1. The molecule has 1 rings (SSSR count). The highest BCUT2D eigenvalue weighted by Crippen LogP contribution is 2.11. The first-order chi connectivity index (χ1) is 8.26. The van der Waals surface area contributed by atoms with Crippen molar-refractivity contribution in [2.45, 2.75) is 19.3 Å². The lowest BCUT2D eigenvalue weighted by molar-refractivity contribution is -0.120. The summed E-state index contributed by atoms with van der Waals surface area (Å²) < 4.78 is 5.04. The molecule has 94 valence electrons. The minimum atomic E-state index is 0.00751. The lowest BCUT2D eigenvalue weighted by Crippen LogP contribution is -2.26. The summed E-state index contributed by atoms with van der Waals surface area (Å²) in [7, 11) is 1.61. The molecule has 1 amide bonds. The zero-order valence-electron chi connectivity index (χ0n) is 10.1. The maximum Gasteiger partial charge on any atom is 0.224 e. The molecule has 0 saturated carbocycles. The molecule has 0 atom stereocenters. The number of methoxy groups -OCH3 is 1. The van der Waals surface area contributed by atoms with Crippen molar-refractivity contribution in [1.29, 1.82) is 0 Å². The molecule has 0 heterocycles. The van der Waals surface area contributed by atoms with Crippen LogP contribution in [0.15, 0.2) is 24.3 Å². The molecule has 0 aliphatic rings. The van der Waals surface area contributed by atoms with E-state index in [9.17, 15) is 4.79 Å². The topological polar surface area (TPSA) is 58.6 Å². The van der Waals surface area contributed by atoms with Gasteiger partial charge in [-0.2, -0.15) is 0 Å². The molecule has 0 radical (unpaired) electrons. The van der Waals surface area contributed by atoms with Crippen LogP contribution in [0.2, 0.25) is 0 Å². The van der Waals surface area contributed by atoms with E-state index < -0.39 is 0 Å². The van der Waals surface area contributed by atoms with Crippen molar-refractivity contribution >= 4 is 5.91 Å². The van der Waals surface area contributed by atoms with Crippen LogP contribution in [0, 0.1) is 0 Å². The molecule has 0 fully saturated rings. The van der Waals surface area contributed by atoms with Crippen molar-refractivity contribution in [1.82, 2.24) is 5.32 Å². The highest BCUT2D eigenvalue weighted by Gasteiger charge is 2.02. The number of rotatable bonds is 7. The molecule has 0 aliphatic heterocycles. The number of carbonyl (C=O) groups excluding carboxylic acids is 1. The predicted molar refractivity (Wildman–Crippen MR) is 66.0 cm³/mol. The minimum Gasteiger partial charge on any atom is -0.497 e. The van der Waals surface area contributed by atoms with Crippen LogP contribution in [0.3, 0.4) is 0 Å². The summed E-state index contributed by atoms with van der Waals surface area (Å²) >= 11 is 0. The second kappa shape index (κ2) is 7.68. The van der Waals surface area contributed by atoms with Crippen LogP contribution in [-0.4, -0.2) is 31.3 Å². The summed E-state index contributed by atoms with van der Waals surface area (Å²) in [4.78, 5) is 11.5. The predicted octanol–water partition coefficient (Wildman–Crippen LogP) is 1.13. The Bertz CT molecular complexity index is 335. The average molecular weight is 237 g/mol. The Kier molecular flexibility index (Phi) is 6.10. The van der Waals surface area contributed by atoms with Crippen molar-refractivity contribution in [3.63, 3.8) is 0 Å².